The quantitative estimate of drug-likeness (QED) is 0.121. The molecule has 0 spiro atoms. The first-order valence-corrected chi connectivity index (χ1v) is 29.3. The maximum absolute atomic E-state index is 5.81. The number of thiophene rings is 2. The molecule has 0 bridgehead atoms. The fourth-order valence-electron chi connectivity index (χ4n) is 9.97. The molecule has 0 aliphatic heterocycles. The van der Waals surface area contributed by atoms with E-state index in [1.165, 1.54) is 70.6 Å². The number of benzene rings is 6. The van der Waals surface area contributed by atoms with Gasteiger partial charge in [0.1, 0.15) is 0 Å². The van der Waals surface area contributed by atoms with Crippen molar-refractivity contribution in [3.05, 3.63) is 219 Å². The zero-order valence-corrected chi connectivity index (χ0v) is 45.7. The summed E-state index contributed by atoms with van der Waals surface area (Å²) in [6.07, 6.45) is 12.3. The second-order valence-corrected chi connectivity index (χ2v) is 24.5. The predicted octanol–water partition coefficient (Wildman–Crippen LogP) is 16.3. The third kappa shape index (κ3) is 8.72. The van der Waals surface area contributed by atoms with Crippen molar-refractivity contribution in [3.63, 3.8) is 0 Å². The molecule has 0 unspecified atom stereocenters. The van der Waals surface area contributed by atoms with Gasteiger partial charge in [-0.25, -0.2) is 0 Å². The summed E-state index contributed by atoms with van der Waals surface area (Å²) in [4.78, 5) is 16.1. The van der Waals surface area contributed by atoms with Gasteiger partial charge < -0.3 is 0 Å². The number of rotatable bonds is 11. The standard InChI is InChI=1S/C62H49N4PS3.Os/c1-6-18-50-35-36-53(68-50)55-59-60(64-58(45-33-29-41(4)30-34-45)57(63-59)44-31-27-40(3)28-32-44)56(62-61(55)65-70-66-62)54-38-37-52(69-54)51(39-46-20-17-19-43(46)7-2)42(5)67(47-21-11-8-12-22-47,48-23-13-9-14-24-48)49-25-15-10-16-26-49;/h6-16,18,21-39H,17,19-20H2,1-4H3;/q+1;/b18-6+,43-7?,46-39?,51-42?;. The molecule has 9 heteroatoms. The summed E-state index contributed by atoms with van der Waals surface area (Å²) in [5.41, 5.74) is 15.3. The minimum absolute atomic E-state index is 0.812. The Labute approximate surface area is 438 Å². The van der Waals surface area contributed by atoms with Crippen molar-refractivity contribution in [2.24, 2.45) is 0 Å². The van der Waals surface area contributed by atoms with E-state index in [0.717, 1.165) is 84.7 Å². The maximum atomic E-state index is 5.81. The molecule has 0 N–H and O–H groups in total. The van der Waals surface area contributed by atoms with E-state index in [0.29, 0.717) is 0 Å². The van der Waals surface area contributed by atoms with Crippen molar-refractivity contribution < 1.29 is 17.9 Å². The molecule has 1 aliphatic carbocycles. The SMILES string of the molecule is CC=C1CCCC1=CC(=C([C]#[Os])[P+](c1ccccc1)(c1ccccc1)c1ccccc1)c1ccc(-c2c3nsnc3c(-c3ccc(/C=C/C)s3)c3nc(-c4ccc(C)cc4)c(-c4ccc(C)cc4)nc23)s1. The summed E-state index contributed by atoms with van der Waals surface area (Å²) >= 11 is 6.64. The van der Waals surface area contributed by atoms with Gasteiger partial charge in [0.25, 0.3) is 0 Å². The van der Waals surface area contributed by atoms with Crippen molar-refractivity contribution in [2.75, 3.05) is 0 Å². The van der Waals surface area contributed by atoms with Crippen LogP contribution >= 0.6 is 41.7 Å². The van der Waals surface area contributed by atoms with Gasteiger partial charge in [-0.15, -0.1) is 0 Å². The molecule has 347 valence electrons. The third-order valence-electron chi connectivity index (χ3n) is 13.4. The van der Waals surface area contributed by atoms with E-state index in [4.69, 9.17) is 18.7 Å². The fraction of sp³-hybridized carbons (Fsp3) is 0.113. The van der Waals surface area contributed by atoms with Crippen LogP contribution in [0.5, 0.6) is 0 Å². The fourth-order valence-corrected chi connectivity index (χ4v) is 18.5. The van der Waals surface area contributed by atoms with Crippen LogP contribution in [0.2, 0.25) is 0 Å². The van der Waals surface area contributed by atoms with Gasteiger partial charge in [-0.05, 0) is 32.9 Å². The Kier molecular flexibility index (Phi) is 13.5. The number of hydrogen-bond acceptors (Lipinski definition) is 7. The van der Waals surface area contributed by atoms with E-state index < -0.39 is 7.26 Å². The predicted molar refractivity (Wildman–Crippen MR) is 304 cm³/mol. The molecule has 1 saturated carbocycles. The van der Waals surface area contributed by atoms with Crippen LogP contribution in [-0.4, -0.2) is 18.7 Å². The second-order valence-electron chi connectivity index (χ2n) is 17.8. The molecule has 4 aromatic heterocycles. The van der Waals surface area contributed by atoms with E-state index in [9.17, 15) is 0 Å². The second kappa shape index (κ2) is 20.4. The van der Waals surface area contributed by atoms with E-state index in [1.807, 2.05) is 17.9 Å². The van der Waals surface area contributed by atoms with Gasteiger partial charge in [0.15, 0.2) is 0 Å². The van der Waals surface area contributed by atoms with Crippen LogP contribution in [0, 0.1) is 18.2 Å². The van der Waals surface area contributed by atoms with Crippen LogP contribution in [-0.2, 0) is 17.9 Å². The summed E-state index contributed by atoms with van der Waals surface area (Å²) in [5, 5.41) is 5.11. The summed E-state index contributed by atoms with van der Waals surface area (Å²) < 4.78 is 14.3. The van der Waals surface area contributed by atoms with E-state index in [-0.39, 0.29) is 0 Å². The van der Waals surface area contributed by atoms with Crippen LogP contribution < -0.4 is 15.9 Å². The van der Waals surface area contributed by atoms with Crippen molar-refractivity contribution in [2.45, 2.75) is 47.0 Å². The third-order valence-corrected chi connectivity index (χ3v) is 21.5. The van der Waals surface area contributed by atoms with E-state index >= 15 is 0 Å². The molecule has 0 amide bonds. The average molecular weight is 1170 g/mol. The van der Waals surface area contributed by atoms with Crippen molar-refractivity contribution in [3.8, 4) is 47.8 Å². The van der Waals surface area contributed by atoms with E-state index in [1.54, 1.807) is 22.7 Å². The zero-order valence-electron chi connectivity index (χ0n) is 39.8. The topological polar surface area (TPSA) is 51.6 Å². The molecule has 1 fully saturated rings. The summed E-state index contributed by atoms with van der Waals surface area (Å²) in [6, 6.07) is 59.8. The van der Waals surface area contributed by atoms with Gasteiger partial charge in [0.05, 0.1) is 0 Å². The summed E-state index contributed by atoms with van der Waals surface area (Å²) in [6.45, 7) is 8.50. The van der Waals surface area contributed by atoms with Gasteiger partial charge in [-0.1, -0.05) is 53.6 Å². The molecular weight excluding hydrogens is 1120 g/mol. The zero-order chi connectivity index (χ0) is 48.5. The molecule has 0 saturated heterocycles. The first kappa shape index (κ1) is 47.0. The minimum atomic E-state index is -2.56. The van der Waals surface area contributed by atoms with Crippen LogP contribution in [0.15, 0.2) is 198 Å². The van der Waals surface area contributed by atoms with Gasteiger partial charge in [0.2, 0.25) is 0 Å². The van der Waals surface area contributed by atoms with Gasteiger partial charge in [-0.2, -0.15) is 0 Å². The molecule has 0 radical (unpaired) electrons. The Bertz CT molecular complexity index is 3670. The molecule has 6 aromatic carbocycles. The number of aromatic nitrogens is 4. The molecular formula is C62H49N4OsPS3+. The molecule has 11 rings (SSSR count). The van der Waals surface area contributed by atoms with Crippen LogP contribution in [0.1, 0.15) is 54.0 Å². The normalized spacial score (nSPS) is 14.5. The Morgan fingerprint density at radius 2 is 1.06 bits per heavy atom. The molecule has 1 aliphatic rings. The molecule has 71 heavy (non-hydrogen) atoms. The average Bonchev–Trinajstić information content (AvgIpc) is 4.27. The Morgan fingerprint density at radius 3 is 1.55 bits per heavy atom. The molecule has 10 aromatic rings. The first-order chi connectivity index (χ1) is 34.9. The molecule has 4 nitrogen and oxygen atoms in total. The number of fused-ring (bicyclic) bond motifs is 2. The number of aryl methyl sites for hydroxylation is 2. The van der Waals surface area contributed by atoms with Crippen LogP contribution in [0.4, 0.5) is 0 Å². The Balaban J connectivity index is 1.24. The van der Waals surface area contributed by atoms with Crippen molar-refractivity contribution >= 4 is 91.3 Å². The van der Waals surface area contributed by atoms with Crippen LogP contribution in [0.3, 0.4) is 0 Å². The summed E-state index contributed by atoms with van der Waals surface area (Å²) in [5.74, 6) is 0. The van der Waals surface area contributed by atoms with Crippen LogP contribution in [0.25, 0.3) is 77.1 Å². The van der Waals surface area contributed by atoms with Gasteiger partial charge in [0, 0.05) is 4.88 Å². The number of nitrogens with zero attached hydrogens (tertiary/aromatic N) is 4. The number of hydrogen-bond donors (Lipinski definition) is 0. The summed E-state index contributed by atoms with van der Waals surface area (Å²) in [7, 11) is -2.56. The molecule has 4 heterocycles. The van der Waals surface area contributed by atoms with Gasteiger partial charge in [-0.3, -0.25) is 0 Å². The van der Waals surface area contributed by atoms with E-state index in [2.05, 4.69) is 220 Å². The van der Waals surface area contributed by atoms with Crippen molar-refractivity contribution in [1.82, 2.24) is 18.7 Å². The number of allylic oxidation sites excluding steroid dienone is 7. The first-order valence-electron chi connectivity index (χ1n) is 23.9. The molecule has 0 atom stereocenters. The van der Waals surface area contributed by atoms with Crippen molar-refractivity contribution in [1.29, 1.82) is 0 Å². The Morgan fingerprint density at radius 1 is 0.563 bits per heavy atom. The Hall–Kier alpha value is -6.31. The monoisotopic (exact) mass is 1170 g/mol. The van der Waals surface area contributed by atoms with Gasteiger partial charge >= 0.3 is 351 Å².